The molecule has 3 aromatic rings. The molecular weight excluding hydrogens is 373 g/mol. The first-order valence-electron chi connectivity index (χ1n) is 8.90. The maximum atomic E-state index is 13.4. The molecule has 1 aromatic heterocycles. The maximum Gasteiger partial charge on any atom is 0.230 e. The number of para-hydroxylation sites is 2. The summed E-state index contributed by atoms with van der Waals surface area (Å²) in [5.74, 6) is -0.310. The zero-order chi connectivity index (χ0) is 19.5. The second-order valence-corrected chi connectivity index (χ2v) is 7.56. The van der Waals surface area contributed by atoms with Crippen molar-refractivity contribution in [3.8, 4) is 0 Å². The van der Waals surface area contributed by atoms with Gasteiger partial charge in [0.1, 0.15) is 11.7 Å². The predicted octanol–water partition coefficient (Wildman–Crippen LogP) is 5.17. The zero-order valence-electron chi connectivity index (χ0n) is 15.2. The van der Waals surface area contributed by atoms with Crippen molar-refractivity contribution in [3.63, 3.8) is 0 Å². The normalized spacial score (nSPS) is 15.9. The minimum absolute atomic E-state index is 0.138. The standard InChI is InChI=1S/C22H18FN3OS/c1-14-21(15-8-10-16(23)11-9-15)22(25-19-7-3-2-6-18(19)24-14)26-20(27)13-17-5-4-12-28-17/h2-12,21H,13H2,1H3,(H,25,26,27)/t21-/m0/s1. The van der Waals surface area contributed by atoms with Crippen molar-refractivity contribution in [2.24, 2.45) is 9.98 Å². The van der Waals surface area contributed by atoms with Crippen LogP contribution in [0.5, 0.6) is 0 Å². The summed E-state index contributed by atoms with van der Waals surface area (Å²) in [5.41, 5.74) is 3.05. The van der Waals surface area contributed by atoms with Crippen LogP contribution < -0.4 is 5.32 Å². The monoisotopic (exact) mass is 391 g/mol. The Labute approximate surface area is 166 Å². The molecule has 0 saturated heterocycles. The van der Waals surface area contributed by atoms with E-state index in [1.165, 1.54) is 23.5 Å². The number of hydrogen-bond acceptors (Lipinski definition) is 4. The first-order chi connectivity index (χ1) is 13.6. The molecule has 2 heterocycles. The fourth-order valence-electron chi connectivity index (χ4n) is 3.21. The zero-order valence-corrected chi connectivity index (χ0v) is 16.0. The molecule has 0 aliphatic carbocycles. The van der Waals surface area contributed by atoms with Crippen LogP contribution in [-0.2, 0) is 11.2 Å². The van der Waals surface area contributed by atoms with Gasteiger partial charge in [0.2, 0.25) is 5.91 Å². The number of carbonyl (C=O) groups is 1. The average molecular weight is 391 g/mol. The lowest BCUT2D eigenvalue weighted by Gasteiger charge is -2.19. The van der Waals surface area contributed by atoms with Gasteiger partial charge in [0.05, 0.1) is 23.7 Å². The second kappa shape index (κ2) is 7.86. The van der Waals surface area contributed by atoms with E-state index >= 15 is 0 Å². The van der Waals surface area contributed by atoms with Gasteiger partial charge in [0.15, 0.2) is 0 Å². The molecule has 4 nitrogen and oxygen atoms in total. The van der Waals surface area contributed by atoms with Crippen molar-refractivity contribution in [2.75, 3.05) is 0 Å². The van der Waals surface area contributed by atoms with E-state index in [0.29, 0.717) is 11.5 Å². The molecule has 0 radical (unpaired) electrons. The van der Waals surface area contributed by atoms with Gasteiger partial charge in [0, 0.05) is 10.6 Å². The molecule has 0 spiro atoms. The molecule has 1 N–H and O–H groups in total. The van der Waals surface area contributed by atoms with Crippen LogP contribution in [-0.4, -0.2) is 17.5 Å². The van der Waals surface area contributed by atoms with Gasteiger partial charge in [-0.2, -0.15) is 0 Å². The molecule has 1 atom stereocenters. The van der Waals surface area contributed by atoms with E-state index in [2.05, 4.69) is 5.32 Å². The summed E-state index contributed by atoms with van der Waals surface area (Å²) >= 11 is 1.54. The second-order valence-electron chi connectivity index (χ2n) is 6.53. The Balaban J connectivity index is 1.73. The predicted molar refractivity (Wildman–Crippen MR) is 112 cm³/mol. The number of amides is 1. The maximum absolute atomic E-state index is 13.4. The Morgan fingerprint density at radius 2 is 1.75 bits per heavy atom. The van der Waals surface area contributed by atoms with Crippen LogP contribution >= 0.6 is 11.3 Å². The largest absolute Gasteiger partial charge is 0.313 e. The average Bonchev–Trinajstić information content (AvgIpc) is 3.13. The van der Waals surface area contributed by atoms with Crippen LogP contribution in [0.4, 0.5) is 15.8 Å². The molecule has 1 aliphatic heterocycles. The Morgan fingerprint density at radius 3 is 2.43 bits per heavy atom. The van der Waals surface area contributed by atoms with Crippen LogP contribution in [0, 0.1) is 5.82 Å². The first kappa shape index (κ1) is 18.3. The summed E-state index contributed by atoms with van der Waals surface area (Å²) in [6.07, 6.45) is 0.282. The molecule has 0 fully saturated rings. The van der Waals surface area contributed by atoms with E-state index < -0.39 is 0 Å². The Kier molecular flexibility index (Phi) is 5.12. The minimum Gasteiger partial charge on any atom is -0.313 e. The van der Waals surface area contributed by atoms with Gasteiger partial charge >= 0.3 is 0 Å². The fraction of sp³-hybridized carbons (Fsp3) is 0.136. The molecule has 1 amide bonds. The summed E-state index contributed by atoms with van der Waals surface area (Å²) in [6, 6.07) is 17.6. The number of fused-ring (bicyclic) bond motifs is 1. The fourth-order valence-corrected chi connectivity index (χ4v) is 3.92. The van der Waals surface area contributed by atoms with Gasteiger partial charge in [0.25, 0.3) is 0 Å². The summed E-state index contributed by atoms with van der Waals surface area (Å²) < 4.78 is 13.4. The smallest absolute Gasteiger partial charge is 0.230 e. The number of aliphatic imine (C=N–C) groups is 2. The molecule has 1 aliphatic rings. The first-order valence-corrected chi connectivity index (χ1v) is 9.78. The molecule has 6 heteroatoms. The van der Waals surface area contributed by atoms with Crippen LogP contribution in [0.2, 0.25) is 0 Å². The quantitative estimate of drug-likeness (QED) is 0.658. The topological polar surface area (TPSA) is 53.8 Å². The Morgan fingerprint density at radius 1 is 1.04 bits per heavy atom. The van der Waals surface area contributed by atoms with Crippen molar-refractivity contribution in [2.45, 2.75) is 19.3 Å². The molecule has 140 valence electrons. The SMILES string of the molecule is CC1=Nc2ccccc2N=C(NC(=O)Cc2cccs2)[C@@H]1c1ccc(F)cc1. The molecule has 2 aromatic carbocycles. The lowest BCUT2D eigenvalue weighted by molar-refractivity contribution is -0.119. The van der Waals surface area contributed by atoms with Gasteiger partial charge in [-0.15, -0.1) is 11.3 Å². The lowest BCUT2D eigenvalue weighted by Crippen LogP contribution is -2.37. The highest BCUT2D eigenvalue weighted by atomic mass is 32.1. The highest BCUT2D eigenvalue weighted by molar-refractivity contribution is 7.10. The molecule has 0 bridgehead atoms. The van der Waals surface area contributed by atoms with Gasteiger partial charge in [-0.05, 0) is 48.2 Å². The van der Waals surface area contributed by atoms with E-state index in [4.69, 9.17) is 9.98 Å². The van der Waals surface area contributed by atoms with E-state index in [9.17, 15) is 9.18 Å². The van der Waals surface area contributed by atoms with Crippen LogP contribution in [0.1, 0.15) is 23.3 Å². The number of amidine groups is 1. The highest BCUT2D eigenvalue weighted by Gasteiger charge is 2.26. The summed E-state index contributed by atoms with van der Waals surface area (Å²) in [4.78, 5) is 23.1. The van der Waals surface area contributed by atoms with Gasteiger partial charge in [-0.3, -0.25) is 9.79 Å². The van der Waals surface area contributed by atoms with Crippen molar-refractivity contribution in [3.05, 3.63) is 82.3 Å². The summed E-state index contributed by atoms with van der Waals surface area (Å²) in [6.45, 7) is 1.90. The minimum atomic E-state index is -0.361. The highest BCUT2D eigenvalue weighted by Crippen LogP contribution is 2.34. The van der Waals surface area contributed by atoms with Gasteiger partial charge < -0.3 is 5.32 Å². The summed E-state index contributed by atoms with van der Waals surface area (Å²) in [7, 11) is 0. The molecule has 0 saturated carbocycles. The number of nitrogens with one attached hydrogen (secondary N) is 1. The number of hydrogen-bond donors (Lipinski definition) is 1. The van der Waals surface area contributed by atoms with E-state index in [1.807, 2.05) is 48.7 Å². The van der Waals surface area contributed by atoms with Crippen LogP contribution in [0.3, 0.4) is 0 Å². The Bertz CT molecular complexity index is 1060. The van der Waals surface area contributed by atoms with Crippen LogP contribution in [0.25, 0.3) is 0 Å². The summed E-state index contributed by atoms with van der Waals surface area (Å²) in [5, 5.41) is 4.92. The third-order valence-electron chi connectivity index (χ3n) is 4.50. The number of rotatable bonds is 3. The van der Waals surface area contributed by atoms with Crippen LogP contribution in [0.15, 0.2) is 76.0 Å². The van der Waals surface area contributed by atoms with Crippen molar-refractivity contribution < 1.29 is 9.18 Å². The van der Waals surface area contributed by atoms with E-state index in [-0.39, 0.29) is 24.1 Å². The van der Waals surface area contributed by atoms with Crippen molar-refractivity contribution in [1.82, 2.24) is 5.32 Å². The van der Waals surface area contributed by atoms with E-state index in [1.54, 1.807) is 12.1 Å². The number of nitrogens with zero attached hydrogens (tertiary/aromatic N) is 2. The number of halogens is 1. The van der Waals surface area contributed by atoms with Crippen molar-refractivity contribution in [1.29, 1.82) is 0 Å². The lowest BCUT2D eigenvalue weighted by atomic mass is 9.93. The molecular formula is C22H18FN3OS. The molecule has 28 heavy (non-hydrogen) atoms. The molecule has 4 rings (SSSR count). The van der Waals surface area contributed by atoms with Gasteiger partial charge in [-0.25, -0.2) is 9.38 Å². The van der Waals surface area contributed by atoms with Crippen molar-refractivity contribution >= 4 is 40.2 Å². The molecule has 0 unspecified atom stereocenters. The Hall–Kier alpha value is -3.12. The van der Waals surface area contributed by atoms with E-state index in [0.717, 1.165) is 21.8 Å². The van der Waals surface area contributed by atoms with Gasteiger partial charge in [-0.1, -0.05) is 30.3 Å². The third-order valence-corrected chi connectivity index (χ3v) is 5.37. The number of carbonyl (C=O) groups excluding carboxylic acids is 1. The number of thiophene rings is 1. The number of benzene rings is 2. The third kappa shape index (κ3) is 3.92.